The van der Waals surface area contributed by atoms with Crippen molar-refractivity contribution in [1.29, 1.82) is 0 Å². The van der Waals surface area contributed by atoms with Crippen LogP contribution in [0.2, 0.25) is 0 Å². The van der Waals surface area contributed by atoms with Gasteiger partial charge in [-0.05, 0) is 55.0 Å². The smallest absolute Gasteiger partial charge is 0.330 e. The van der Waals surface area contributed by atoms with E-state index in [-0.39, 0.29) is 34.2 Å². The maximum atomic E-state index is 14.4. The Morgan fingerprint density at radius 1 is 0.688 bits per heavy atom. The molecule has 3 saturated heterocycles. The number of rotatable bonds is 12. The highest BCUT2D eigenvalue weighted by Gasteiger charge is 2.51. The van der Waals surface area contributed by atoms with Crippen LogP contribution in [0.3, 0.4) is 0 Å². The number of aliphatic hydroxyl groups is 9. The highest BCUT2D eigenvalue weighted by molar-refractivity contribution is 5.88. The van der Waals surface area contributed by atoms with Gasteiger partial charge in [0, 0.05) is 23.8 Å². The molecule has 3 fully saturated rings. The quantitative estimate of drug-likeness (QED) is 0.0543. The molecule has 0 aliphatic carbocycles. The molecular formula is C42H46O22. The number of aromatic hydroxyl groups is 3. The van der Waals surface area contributed by atoms with E-state index in [4.69, 9.17) is 37.6 Å². The average molecular weight is 903 g/mol. The van der Waals surface area contributed by atoms with Crippen molar-refractivity contribution in [1.82, 2.24) is 0 Å². The molecule has 22 nitrogen and oxygen atoms in total. The number of fused-ring (bicyclic) bond motifs is 1. The number of phenolic OH excluding ortho intramolecular Hbond substituents is 3. The molecule has 0 amide bonds. The maximum absolute atomic E-state index is 14.4. The molecular weight excluding hydrogens is 856 g/mol. The van der Waals surface area contributed by atoms with Crippen LogP contribution in [0.15, 0.2) is 76.0 Å². The number of esters is 1. The lowest BCUT2D eigenvalue weighted by molar-refractivity contribution is -0.355. The first-order chi connectivity index (χ1) is 30.4. The van der Waals surface area contributed by atoms with Gasteiger partial charge < -0.3 is 98.9 Å². The van der Waals surface area contributed by atoms with Crippen LogP contribution in [-0.2, 0) is 28.5 Å². The highest BCUT2D eigenvalue weighted by atomic mass is 16.8. The Hall–Kier alpha value is -5.44. The second-order valence-corrected chi connectivity index (χ2v) is 15.2. The topological polar surface area (TPSA) is 355 Å². The van der Waals surface area contributed by atoms with Gasteiger partial charge in [-0.2, -0.15) is 0 Å². The second-order valence-electron chi connectivity index (χ2n) is 15.2. The summed E-state index contributed by atoms with van der Waals surface area (Å²) in [5, 5.41) is 125. The van der Waals surface area contributed by atoms with Crippen LogP contribution in [0.25, 0.3) is 28.4 Å². The molecule has 3 aliphatic heterocycles. The van der Waals surface area contributed by atoms with E-state index in [0.29, 0.717) is 5.56 Å². The molecule has 4 aromatic rings. The van der Waals surface area contributed by atoms with E-state index in [2.05, 4.69) is 0 Å². The normalized spacial score (nSPS) is 33.2. The molecule has 4 heterocycles. The number of aliphatic hydroxyl groups excluding tert-OH is 9. The van der Waals surface area contributed by atoms with E-state index in [1.807, 2.05) is 0 Å². The third-order valence-corrected chi connectivity index (χ3v) is 10.8. The van der Waals surface area contributed by atoms with Gasteiger partial charge in [0.25, 0.3) is 0 Å². The molecule has 0 bridgehead atoms. The Bertz CT molecular complexity index is 2330. The molecule has 1 aromatic heterocycles. The molecule has 7 rings (SSSR count). The van der Waals surface area contributed by atoms with Crippen molar-refractivity contribution in [2.75, 3.05) is 13.2 Å². The van der Waals surface area contributed by atoms with Crippen LogP contribution in [0.4, 0.5) is 0 Å². The largest absolute Gasteiger partial charge is 0.508 e. The molecule has 12 N–H and O–H groups in total. The van der Waals surface area contributed by atoms with Gasteiger partial charge in [-0.3, -0.25) is 4.79 Å². The minimum absolute atomic E-state index is 0.0213. The van der Waals surface area contributed by atoms with Crippen molar-refractivity contribution >= 4 is 23.0 Å². The summed E-state index contributed by atoms with van der Waals surface area (Å²) in [6.45, 7) is -0.0856. The molecule has 0 saturated carbocycles. The predicted octanol–water partition coefficient (Wildman–Crippen LogP) is -1.95. The fourth-order valence-electron chi connectivity index (χ4n) is 7.18. The van der Waals surface area contributed by atoms with E-state index in [0.717, 1.165) is 18.2 Å². The molecule has 0 spiro atoms. The van der Waals surface area contributed by atoms with Gasteiger partial charge in [0.1, 0.15) is 102 Å². The van der Waals surface area contributed by atoms with Gasteiger partial charge in [0.2, 0.25) is 23.8 Å². The van der Waals surface area contributed by atoms with Gasteiger partial charge in [-0.15, -0.1) is 0 Å². The van der Waals surface area contributed by atoms with Crippen LogP contribution in [0.1, 0.15) is 12.5 Å². The minimum Gasteiger partial charge on any atom is -0.508 e. The number of benzene rings is 3. The zero-order valence-corrected chi connectivity index (χ0v) is 33.5. The summed E-state index contributed by atoms with van der Waals surface area (Å²) in [7, 11) is 0. The van der Waals surface area contributed by atoms with Crippen LogP contribution >= 0.6 is 0 Å². The Labute approximate surface area is 361 Å². The van der Waals surface area contributed by atoms with Gasteiger partial charge >= 0.3 is 5.97 Å². The van der Waals surface area contributed by atoms with Crippen molar-refractivity contribution in [3.05, 3.63) is 82.5 Å². The van der Waals surface area contributed by atoms with E-state index >= 15 is 0 Å². The number of phenols is 3. The summed E-state index contributed by atoms with van der Waals surface area (Å²) in [6, 6.07) is 13.1. The maximum Gasteiger partial charge on any atom is 0.330 e. The fourth-order valence-corrected chi connectivity index (χ4v) is 7.18. The minimum atomic E-state index is -1.96. The summed E-state index contributed by atoms with van der Waals surface area (Å²) in [5.74, 6) is -3.17. The van der Waals surface area contributed by atoms with Gasteiger partial charge in [-0.25, -0.2) is 4.79 Å². The number of hydrogen-bond acceptors (Lipinski definition) is 22. The number of ether oxygens (including phenoxy) is 7. The van der Waals surface area contributed by atoms with E-state index in [1.165, 1.54) is 49.4 Å². The van der Waals surface area contributed by atoms with Crippen molar-refractivity contribution < 1.29 is 104 Å². The van der Waals surface area contributed by atoms with Crippen molar-refractivity contribution in [3.63, 3.8) is 0 Å². The second kappa shape index (κ2) is 19.3. The number of carbonyl (C=O) groups excluding carboxylic acids is 1. The molecule has 346 valence electrons. The molecule has 0 radical (unpaired) electrons. The molecule has 3 aliphatic rings. The van der Waals surface area contributed by atoms with E-state index < -0.39 is 134 Å². The van der Waals surface area contributed by atoms with Crippen LogP contribution in [0, 0.1) is 0 Å². The third-order valence-electron chi connectivity index (χ3n) is 10.8. The third kappa shape index (κ3) is 9.64. The van der Waals surface area contributed by atoms with Crippen molar-refractivity contribution in [2.45, 2.75) is 99.0 Å². The highest BCUT2D eigenvalue weighted by Crippen LogP contribution is 2.39. The fraction of sp³-hybridized carbons (Fsp3) is 0.429. The first-order valence-electron chi connectivity index (χ1n) is 19.7. The van der Waals surface area contributed by atoms with Crippen LogP contribution in [0.5, 0.6) is 28.7 Å². The van der Waals surface area contributed by atoms with Crippen molar-refractivity contribution in [3.8, 4) is 40.1 Å². The summed E-state index contributed by atoms with van der Waals surface area (Å²) in [6.07, 6.45) is -23.6. The van der Waals surface area contributed by atoms with Gasteiger partial charge in [0.15, 0.2) is 18.2 Å². The van der Waals surface area contributed by atoms with E-state index in [1.54, 1.807) is 12.1 Å². The van der Waals surface area contributed by atoms with Crippen molar-refractivity contribution in [2.24, 2.45) is 0 Å². The Balaban J connectivity index is 1.17. The lowest BCUT2D eigenvalue weighted by Gasteiger charge is -2.45. The lowest BCUT2D eigenvalue weighted by Crippen LogP contribution is -2.64. The molecule has 22 heteroatoms. The monoisotopic (exact) mass is 902 g/mol. The molecule has 3 aromatic carbocycles. The summed E-state index contributed by atoms with van der Waals surface area (Å²) in [4.78, 5) is 26.8. The Morgan fingerprint density at radius 3 is 1.95 bits per heavy atom. The van der Waals surface area contributed by atoms with Gasteiger partial charge in [-0.1, -0.05) is 12.1 Å². The molecule has 6 unspecified atom stereocenters. The van der Waals surface area contributed by atoms with Crippen LogP contribution in [-0.4, -0.2) is 173 Å². The lowest BCUT2D eigenvalue weighted by atomic mass is 9.97. The SMILES string of the molecule is CC1O[C@@H](Oc2c(-c3ccc(O)cc3)oc3cc(O[C@@H]4OC(COC(=O)/C=C/c5ccc(O)cc5)[C@@H](O)[C@H](O)C4O)cc(O)c3c2=O)[C@@H](O[C@@H]2OC(CO)[C@@H](O)[C@H](O)C2O)C(O)[C@H]1O. The molecule has 64 heavy (non-hydrogen) atoms. The first-order valence-corrected chi connectivity index (χ1v) is 19.7. The zero-order chi connectivity index (χ0) is 46.1. The Morgan fingerprint density at radius 2 is 1.30 bits per heavy atom. The first kappa shape index (κ1) is 46.5. The number of carbonyl (C=O) groups is 1. The summed E-state index contributed by atoms with van der Waals surface area (Å²) in [5.41, 5.74) is -0.779. The number of hydrogen-bond donors (Lipinski definition) is 12. The average Bonchev–Trinajstić information content (AvgIpc) is 3.27. The summed E-state index contributed by atoms with van der Waals surface area (Å²) < 4.78 is 45.7. The standard InChI is InChI=1S/C42H46O22/c1-16-28(48)34(54)39(64-41-36(56)32(52)29(49)24(14-43)61-41)42(58-16)63-38-31(51)27-22(46)12-21(13-23(27)60-37(38)18-5-9-20(45)10-6-18)59-40-35(55)33(53)30(50)25(62-40)15-57-26(47)11-4-17-2-7-19(44)8-3-17/h2-13,16,24-25,28-30,32-36,39-46,48-50,52-56H,14-15H2,1H3/b11-4+/t16?,24?,25?,28-,29+,30+,32-,33-,34?,35?,36?,39-,40+,41-,42-/m0/s1. The van der Waals surface area contributed by atoms with Gasteiger partial charge in [0.05, 0.1) is 12.7 Å². The Kier molecular flexibility index (Phi) is 14.1. The predicted molar refractivity (Wildman–Crippen MR) is 212 cm³/mol. The van der Waals surface area contributed by atoms with E-state index in [9.17, 15) is 70.9 Å². The molecule has 15 atom stereocenters. The summed E-state index contributed by atoms with van der Waals surface area (Å²) >= 11 is 0. The zero-order valence-electron chi connectivity index (χ0n) is 33.5. The van der Waals surface area contributed by atoms with Crippen LogP contribution < -0.4 is 14.9 Å².